The molecule has 1 N–H and O–H groups in total. The lowest BCUT2D eigenvalue weighted by Gasteiger charge is -2.18. The fourth-order valence-electron chi connectivity index (χ4n) is 2.09. The number of nitrogens with one attached hydrogen (secondary N) is 1. The zero-order valence-electron chi connectivity index (χ0n) is 13.5. The molecule has 1 aromatic carbocycles. The number of rotatable bonds is 7. The van der Waals surface area contributed by atoms with Crippen molar-refractivity contribution in [2.24, 2.45) is 5.10 Å². The molecule has 0 fully saturated rings. The van der Waals surface area contributed by atoms with E-state index < -0.39 is 15.9 Å². The molecule has 1 aromatic heterocycles. The van der Waals surface area contributed by atoms with Crippen LogP contribution in [0.25, 0.3) is 0 Å². The normalized spacial score (nSPS) is 12.0. The van der Waals surface area contributed by atoms with Crippen molar-refractivity contribution in [1.29, 1.82) is 0 Å². The van der Waals surface area contributed by atoms with Gasteiger partial charge in [-0.05, 0) is 30.3 Å². The fraction of sp³-hybridized carbons (Fsp3) is 0.250. The summed E-state index contributed by atoms with van der Waals surface area (Å²) in [5.41, 5.74) is 2.54. The number of hydrazone groups is 1. The Kier molecular flexibility index (Phi) is 5.88. The van der Waals surface area contributed by atoms with E-state index in [9.17, 15) is 13.2 Å². The summed E-state index contributed by atoms with van der Waals surface area (Å²) in [7, 11) is -3.61. The average Bonchev–Trinajstić information content (AvgIpc) is 3.09. The second kappa shape index (κ2) is 7.89. The maximum atomic E-state index is 12.5. The number of hydrogen-bond acceptors (Lipinski definition) is 5. The van der Waals surface area contributed by atoms with Gasteiger partial charge in [0.1, 0.15) is 5.76 Å². The quantitative estimate of drug-likeness (QED) is 0.612. The first-order valence-corrected chi connectivity index (χ1v) is 8.90. The van der Waals surface area contributed by atoms with E-state index in [0.29, 0.717) is 18.8 Å². The van der Waals surface area contributed by atoms with Crippen LogP contribution in [0.1, 0.15) is 30.0 Å². The standard InChI is InChI=1S/C16H19N3O4S/c1-3-19(4-2)24(21,22)15-9-5-7-13(11-15)16(20)18-17-12-14-8-6-10-23-14/h5-12H,3-4H2,1-2H3,(H,18,20). The molecule has 0 atom stereocenters. The summed E-state index contributed by atoms with van der Waals surface area (Å²) in [6.07, 6.45) is 2.85. The predicted molar refractivity (Wildman–Crippen MR) is 90.3 cm³/mol. The molecule has 2 rings (SSSR count). The summed E-state index contributed by atoms with van der Waals surface area (Å²) in [4.78, 5) is 12.2. The lowest BCUT2D eigenvalue weighted by Crippen LogP contribution is -2.30. The Morgan fingerprint density at radius 2 is 2.00 bits per heavy atom. The molecule has 1 heterocycles. The fourth-order valence-corrected chi connectivity index (χ4v) is 3.60. The van der Waals surface area contributed by atoms with Crippen LogP contribution < -0.4 is 5.43 Å². The van der Waals surface area contributed by atoms with Crippen molar-refractivity contribution in [1.82, 2.24) is 9.73 Å². The highest BCUT2D eigenvalue weighted by Crippen LogP contribution is 2.17. The molecule has 24 heavy (non-hydrogen) atoms. The molecule has 128 valence electrons. The van der Waals surface area contributed by atoms with Crippen LogP contribution in [0.3, 0.4) is 0 Å². The van der Waals surface area contributed by atoms with Gasteiger partial charge in [0.05, 0.1) is 17.4 Å². The third-order valence-corrected chi connectivity index (χ3v) is 5.39. The zero-order valence-corrected chi connectivity index (χ0v) is 14.3. The number of benzene rings is 1. The summed E-state index contributed by atoms with van der Waals surface area (Å²) in [5, 5.41) is 3.77. The number of amides is 1. The van der Waals surface area contributed by atoms with Crippen LogP contribution in [-0.2, 0) is 10.0 Å². The average molecular weight is 349 g/mol. The summed E-state index contributed by atoms with van der Waals surface area (Å²) in [5.74, 6) is -0.0115. The van der Waals surface area contributed by atoms with Gasteiger partial charge in [-0.15, -0.1) is 0 Å². The number of carbonyl (C=O) groups is 1. The summed E-state index contributed by atoms with van der Waals surface area (Å²) in [6, 6.07) is 9.25. The van der Waals surface area contributed by atoms with Crippen molar-refractivity contribution in [3.63, 3.8) is 0 Å². The van der Waals surface area contributed by atoms with Gasteiger partial charge in [0.2, 0.25) is 10.0 Å². The van der Waals surface area contributed by atoms with E-state index in [1.54, 1.807) is 26.0 Å². The largest absolute Gasteiger partial charge is 0.463 e. The molecular formula is C16H19N3O4S. The van der Waals surface area contributed by atoms with Crippen LogP contribution in [0.4, 0.5) is 0 Å². The molecule has 8 heteroatoms. The molecule has 0 saturated carbocycles. The number of hydrogen-bond donors (Lipinski definition) is 1. The van der Waals surface area contributed by atoms with E-state index in [1.165, 1.54) is 41.0 Å². The van der Waals surface area contributed by atoms with Gasteiger partial charge in [0.15, 0.2) is 0 Å². The highest BCUT2D eigenvalue weighted by atomic mass is 32.2. The van der Waals surface area contributed by atoms with Gasteiger partial charge < -0.3 is 4.42 Å². The van der Waals surface area contributed by atoms with E-state index in [4.69, 9.17) is 4.42 Å². The monoisotopic (exact) mass is 349 g/mol. The van der Waals surface area contributed by atoms with Gasteiger partial charge in [0, 0.05) is 18.7 Å². The van der Waals surface area contributed by atoms with Gasteiger partial charge in [-0.2, -0.15) is 9.41 Å². The van der Waals surface area contributed by atoms with Crippen LogP contribution in [0.5, 0.6) is 0 Å². The van der Waals surface area contributed by atoms with Crippen molar-refractivity contribution >= 4 is 22.1 Å². The minimum Gasteiger partial charge on any atom is -0.463 e. The molecule has 0 unspecified atom stereocenters. The van der Waals surface area contributed by atoms with Crippen LogP contribution in [0.15, 0.2) is 57.1 Å². The first kappa shape index (κ1) is 17.9. The number of sulfonamides is 1. The number of furan rings is 1. The topological polar surface area (TPSA) is 92.0 Å². The maximum absolute atomic E-state index is 12.5. The van der Waals surface area contributed by atoms with Gasteiger partial charge in [-0.3, -0.25) is 4.79 Å². The first-order chi connectivity index (χ1) is 11.5. The van der Waals surface area contributed by atoms with E-state index in [2.05, 4.69) is 10.5 Å². The summed E-state index contributed by atoms with van der Waals surface area (Å²) < 4.78 is 31.4. The maximum Gasteiger partial charge on any atom is 0.271 e. The third-order valence-electron chi connectivity index (χ3n) is 3.34. The van der Waals surface area contributed by atoms with E-state index in [1.807, 2.05) is 0 Å². The van der Waals surface area contributed by atoms with Gasteiger partial charge in [0.25, 0.3) is 5.91 Å². The third kappa shape index (κ3) is 4.09. The molecule has 0 aliphatic heterocycles. The van der Waals surface area contributed by atoms with E-state index in [0.717, 1.165) is 0 Å². The van der Waals surface area contributed by atoms with Crippen LogP contribution in [0.2, 0.25) is 0 Å². The Labute approximate surface area is 141 Å². The number of nitrogens with zero attached hydrogens (tertiary/aromatic N) is 2. The Balaban J connectivity index is 2.16. The molecule has 0 aliphatic rings. The zero-order chi connectivity index (χ0) is 17.6. The Hall–Kier alpha value is -2.45. The van der Waals surface area contributed by atoms with Crippen molar-refractivity contribution in [2.75, 3.05) is 13.1 Å². The molecule has 0 saturated heterocycles. The molecule has 0 bridgehead atoms. The van der Waals surface area contributed by atoms with Crippen LogP contribution in [0, 0.1) is 0 Å². The second-order valence-electron chi connectivity index (χ2n) is 4.83. The lowest BCUT2D eigenvalue weighted by molar-refractivity contribution is 0.0955. The van der Waals surface area contributed by atoms with Gasteiger partial charge in [-0.1, -0.05) is 19.9 Å². The molecule has 2 aromatic rings. The van der Waals surface area contributed by atoms with Crippen LogP contribution >= 0.6 is 0 Å². The highest BCUT2D eigenvalue weighted by Gasteiger charge is 2.22. The molecule has 0 aliphatic carbocycles. The molecule has 0 radical (unpaired) electrons. The SMILES string of the molecule is CCN(CC)S(=O)(=O)c1cccc(C(=O)NN=Cc2ccco2)c1. The van der Waals surface area contributed by atoms with E-state index >= 15 is 0 Å². The summed E-state index contributed by atoms with van der Waals surface area (Å²) >= 11 is 0. The van der Waals surface area contributed by atoms with Crippen molar-refractivity contribution in [2.45, 2.75) is 18.7 Å². The van der Waals surface area contributed by atoms with Crippen molar-refractivity contribution in [3.05, 3.63) is 54.0 Å². The van der Waals surface area contributed by atoms with Crippen molar-refractivity contribution < 1.29 is 17.6 Å². The first-order valence-electron chi connectivity index (χ1n) is 7.46. The van der Waals surface area contributed by atoms with Gasteiger partial charge in [-0.25, -0.2) is 13.8 Å². The Morgan fingerprint density at radius 1 is 1.25 bits per heavy atom. The molecule has 7 nitrogen and oxygen atoms in total. The molecule has 1 amide bonds. The van der Waals surface area contributed by atoms with Crippen molar-refractivity contribution in [3.8, 4) is 0 Å². The smallest absolute Gasteiger partial charge is 0.271 e. The molecule has 0 spiro atoms. The minimum atomic E-state index is -3.61. The second-order valence-corrected chi connectivity index (χ2v) is 6.77. The predicted octanol–water partition coefficient (Wildman–Crippen LogP) is 2.07. The van der Waals surface area contributed by atoms with E-state index in [-0.39, 0.29) is 10.5 Å². The minimum absolute atomic E-state index is 0.0777. The summed E-state index contributed by atoms with van der Waals surface area (Å²) in [6.45, 7) is 4.26. The number of carbonyl (C=O) groups excluding carboxylic acids is 1. The van der Waals surface area contributed by atoms with Crippen LogP contribution in [-0.4, -0.2) is 37.9 Å². The Morgan fingerprint density at radius 3 is 2.62 bits per heavy atom. The molecular weight excluding hydrogens is 330 g/mol. The highest BCUT2D eigenvalue weighted by molar-refractivity contribution is 7.89. The lowest BCUT2D eigenvalue weighted by atomic mass is 10.2. The van der Waals surface area contributed by atoms with Gasteiger partial charge >= 0.3 is 0 Å². The Bertz CT molecular complexity index is 810.